The molecule has 0 aromatic carbocycles. The summed E-state index contributed by atoms with van der Waals surface area (Å²) in [5.74, 6) is -0.0714. The first kappa shape index (κ1) is 20.9. The number of carboxylic acids is 1. The van der Waals surface area contributed by atoms with Crippen molar-refractivity contribution in [3.63, 3.8) is 0 Å². The Labute approximate surface area is 146 Å². The van der Waals surface area contributed by atoms with Crippen molar-refractivity contribution in [1.29, 1.82) is 0 Å². The summed E-state index contributed by atoms with van der Waals surface area (Å²) in [6, 6.07) is 0. The van der Waals surface area contributed by atoms with Gasteiger partial charge in [-0.25, -0.2) is 9.78 Å². The van der Waals surface area contributed by atoms with Crippen LogP contribution in [0.2, 0.25) is 0 Å². The first-order valence-corrected chi connectivity index (χ1v) is 9.40. The van der Waals surface area contributed by atoms with Crippen LogP contribution >= 0.6 is 0 Å². The molecule has 1 aliphatic heterocycles. The average Bonchev–Trinajstić information content (AvgIpc) is 2.58. The van der Waals surface area contributed by atoms with Crippen LogP contribution in [0.3, 0.4) is 0 Å². The number of hydrogen-bond acceptors (Lipinski definition) is 3. The SMILES string of the molecule is CC/C=C/[C@H](CC)C/C=C/[C@@]1(CC)C[C@H](CC)[C@@H](CC(=O)O)OO1. The summed E-state index contributed by atoms with van der Waals surface area (Å²) >= 11 is 0. The van der Waals surface area contributed by atoms with Crippen LogP contribution in [0.1, 0.15) is 72.6 Å². The van der Waals surface area contributed by atoms with Crippen LogP contribution in [-0.4, -0.2) is 22.8 Å². The zero-order valence-corrected chi connectivity index (χ0v) is 15.7. The minimum absolute atomic E-state index is 0.00172. The molecule has 0 spiro atoms. The zero-order chi connectivity index (χ0) is 18.0. The maximum Gasteiger partial charge on any atom is 0.306 e. The van der Waals surface area contributed by atoms with Crippen molar-refractivity contribution in [3.8, 4) is 0 Å². The topological polar surface area (TPSA) is 55.8 Å². The summed E-state index contributed by atoms with van der Waals surface area (Å²) < 4.78 is 0. The molecule has 0 bridgehead atoms. The van der Waals surface area contributed by atoms with Gasteiger partial charge in [0.1, 0.15) is 11.7 Å². The van der Waals surface area contributed by atoms with Gasteiger partial charge in [0.25, 0.3) is 0 Å². The van der Waals surface area contributed by atoms with Crippen LogP contribution in [0.15, 0.2) is 24.3 Å². The molecule has 0 unspecified atom stereocenters. The molecule has 0 radical (unpaired) electrons. The van der Waals surface area contributed by atoms with Gasteiger partial charge in [-0.3, -0.25) is 4.79 Å². The number of carboxylic acid groups (broad SMARTS) is 1. The van der Waals surface area contributed by atoms with Crippen LogP contribution < -0.4 is 0 Å². The third kappa shape index (κ3) is 6.40. The van der Waals surface area contributed by atoms with Gasteiger partial charge in [0, 0.05) is 0 Å². The second-order valence-corrected chi connectivity index (χ2v) is 6.75. The van der Waals surface area contributed by atoms with Crippen LogP contribution in [0, 0.1) is 11.8 Å². The Bertz CT molecular complexity index is 429. The molecule has 1 saturated heterocycles. The van der Waals surface area contributed by atoms with E-state index in [-0.39, 0.29) is 18.4 Å². The van der Waals surface area contributed by atoms with Gasteiger partial charge in [0.15, 0.2) is 0 Å². The van der Waals surface area contributed by atoms with E-state index in [4.69, 9.17) is 14.9 Å². The summed E-state index contributed by atoms with van der Waals surface area (Å²) in [5.41, 5.74) is -0.428. The Morgan fingerprint density at radius 1 is 1.29 bits per heavy atom. The average molecular weight is 338 g/mol. The minimum Gasteiger partial charge on any atom is -0.481 e. The smallest absolute Gasteiger partial charge is 0.306 e. The van der Waals surface area contributed by atoms with Crippen LogP contribution in [0.5, 0.6) is 0 Å². The molecule has 1 heterocycles. The Morgan fingerprint density at radius 3 is 2.58 bits per heavy atom. The largest absolute Gasteiger partial charge is 0.481 e. The van der Waals surface area contributed by atoms with Crippen LogP contribution in [0.25, 0.3) is 0 Å². The van der Waals surface area contributed by atoms with Gasteiger partial charge < -0.3 is 5.11 Å². The highest BCUT2D eigenvalue weighted by atomic mass is 17.2. The van der Waals surface area contributed by atoms with Crippen molar-refractivity contribution in [2.24, 2.45) is 11.8 Å². The van der Waals surface area contributed by atoms with E-state index in [1.165, 1.54) is 0 Å². The van der Waals surface area contributed by atoms with Gasteiger partial charge in [-0.05, 0) is 43.9 Å². The predicted octanol–water partition coefficient (Wildman–Crippen LogP) is 5.30. The quantitative estimate of drug-likeness (QED) is 0.434. The zero-order valence-electron chi connectivity index (χ0n) is 15.7. The highest BCUT2D eigenvalue weighted by Crippen LogP contribution is 2.38. The molecule has 0 aliphatic carbocycles. The molecule has 0 saturated carbocycles. The van der Waals surface area contributed by atoms with Gasteiger partial charge >= 0.3 is 5.97 Å². The lowest BCUT2D eigenvalue weighted by molar-refractivity contribution is -0.409. The molecule has 138 valence electrons. The van der Waals surface area contributed by atoms with Crippen molar-refractivity contribution in [2.45, 2.75) is 84.3 Å². The third-order valence-corrected chi connectivity index (χ3v) is 5.00. The fraction of sp³-hybridized carbons (Fsp3) is 0.750. The molecule has 1 N–H and O–H groups in total. The number of rotatable bonds is 10. The fourth-order valence-electron chi connectivity index (χ4n) is 3.21. The van der Waals surface area contributed by atoms with Gasteiger partial charge in [-0.1, -0.05) is 58.4 Å². The Kier molecular flexibility index (Phi) is 9.30. The van der Waals surface area contributed by atoms with Crippen LogP contribution in [-0.2, 0) is 14.6 Å². The van der Waals surface area contributed by atoms with Crippen molar-refractivity contribution < 1.29 is 19.7 Å². The lowest BCUT2D eigenvalue weighted by Gasteiger charge is -2.40. The first-order chi connectivity index (χ1) is 11.5. The standard InChI is InChI=1S/C20H34O4/c1-5-9-11-16(6-2)12-10-13-20(8-4)15-17(7-3)18(23-24-20)14-19(21)22/h9-11,13,16-18H,5-8,12,14-15H2,1-4H3,(H,21,22)/b11-9+,13-10+/t16-,17-,18+,20-/m0/s1. The maximum absolute atomic E-state index is 11.0. The molecule has 1 rings (SSSR count). The molecule has 1 fully saturated rings. The second kappa shape index (κ2) is 10.7. The summed E-state index contributed by atoms with van der Waals surface area (Å²) in [6.07, 6.45) is 14.2. The maximum atomic E-state index is 11.0. The number of hydrogen-bond donors (Lipinski definition) is 1. The molecule has 0 amide bonds. The van der Waals surface area contributed by atoms with Crippen molar-refractivity contribution in [3.05, 3.63) is 24.3 Å². The highest BCUT2D eigenvalue weighted by molar-refractivity contribution is 5.67. The predicted molar refractivity (Wildman–Crippen MR) is 96.6 cm³/mol. The minimum atomic E-state index is -0.838. The van der Waals surface area contributed by atoms with Crippen molar-refractivity contribution in [1.82, 2.24) is 0 Å². The Balaban J connectivity index is 2.71. The van der Waals surface area contributed by atoms with E-state index in [1.807, 2.05) is 0 Å². The van der Waals surface area contributed by atoms with E-state index >= 15 is 0 Å². The number of allylic oxidation sites excluding steroid dienone is 3. The molecule has 4 atom stereocenters. The summed E-state index contributed by atoms with van der Waals surface area (Å²) in [5, 5.41) is 9.01. The number of carbonyl (C=O) groups is 1. The van der Waals surface area contributed by atoms with Crippen molar-refractivity contribution in [2.75, 3.05) is 0 Å². The van der Waals surface area contributed by atoms with Gasteiger partial charge in [-0.2, -0.15) is 0 Å². The van der Waals surface area contributed by atoms with E-state index in [0.29, 0.717) is 5.92 Å². The summed E-state index contributed by atoms with van der Waals surface area (Å²) in [4.78, 5) is 22.2. The van der Waals surface area contributed by atoms with Gasteiger partial charge in [0.2, 0.25) is 0 Å². The van der Waals surface area contributed by atoms with E-state index in [0.717, 1.165) is 38.5 Å². The lowest BCUT2D eigenvalue weighted by atomic mass is 9.81. The molecular weight excluding hydrogens is 304 g/mol. The van der Waals surface area contributed by atoms with E-state index in [2.05, 4.69) is 52.0 Å². The molecule has 0 aromatic heterocycles. The normalized spacial score (nSPS) is 29.3. The Hall–Kier alpha value is -1.13. The molecule has 4 nitrogen and oxygen atoms in total. The van der Waals surface area contributed by atoms with Crippen molar-refractivity contribution >= 4 is 5.97 Å². The second-order valence-electron chi connectivity index (χ2n) is 6.75. The Morgan fingerprint density at radius 2 is 2.04 bits per heavy atom. The number of aliphatic carboxylic acids is 1. The molecule has 4 heteroatoms. The van der Waals surface area contributed by atoms with Gasteiger partial charge in [0.05, 0.1) is 6.42 Å². The highest BCUT2D eigenvalue weighted by Gasteiger charge is 2.41. The van der Waals surface area contributed by atoms with E-state index in [1.54, 1.807) is 0 Å². The third-order valence-electron chi connectivity index (χ3n) is 5.00. The molecular formula is C20H34O4. The summed E-state index contributed by atoms with van der Waals surface area (Å²) in [6.45, 7) is 8.53. The van der Waals surface area contributed by atoms with E-state index < -0.39 is 11.6 Å². The fourth-order valence-corrected chi connectivity index (χ4v) is 3.21. The van der Waals surface area contributed by atoms with Gasteiger partial charge in [-0.15, -0.1) is 0 Å². The first-order valence-electron chi connectivity index (χ1n) is 9.40. The van der Waals surface area contributed by atoms with E-state index in [9.17, 15) is 4.79 Å². The van der Waals surface area contributed by atoms with Crippen LogP contribution in [0.4, 0.5) is 0 Å². The lowest BCUT2D eigenvalue weighted by Crippen LogP contribution is -2.44. The monoisotopic (exact) mass is 338 g/mol. The summed E-state index contributed by atoms with van der Waals surface area (Å²) in [7, 11) is 0. The molecule has 24 heavy (non-hydrogen) atoms. The molecule has 1 aliphatic rings. The molecule has 0 aromatic rings.